The molecule has 0 atom stereocenters. The lowest BCUT2D eigenvalue weighted by molar-refractivity contribution is 0.209. The monoisotopic (exact) mass is 331 g/mol. The molecule has 0 amide bonds. The first-order valence-corrected chi connectivity index (χ1v) is 8.96. The summed E-state index contributed by atoms with van der Waals surface area (Å²) in [6.45, 7) is 8.46. The Morgan fingerprint density at radius 2 is 1.67 bits per heavy atom. The molecule has 1 aliphatic carbocycles. The molecule has 8 heteroatoms. The van der Waals surface area contributed by atoms with Crippen molar-refractivity contribution >= 4 is 22.9 Å². The molecule has 0 spiro atoms. The number of hydrogen-bond acceptors (Lipinski definition) is 8. The van der Waals surface area contributed by atoms with Gasteiger partial charge in [-0.15, -0.1) is 0 Å². The van der Waals surface area contributed by atoms with Gasteiger partial charge >= 0.3 is 0 Å². The second-order valence-corrected chi connectivity index (χ2v) is 7.05. The minimum Gasteiger partial charge on any atom is -0.364 e. The molecule has 2 aliphatic rings. The Morgan fingerprint density at radius 3 is 2.33 bits per heavy atom. The number of rotatable bonds is 4. The molecule has 130 valence electrons. The molecule has 1 saturated heterocycles. The van der Waals surface area contributed by atoms with Crippen molar-refractivity contribution in [1.82, 2.24) is 25.2 Å². The topological polar surface area (TPSA) is 83.2 Å². The van der Waals surface area contributed by atoms with Gasteiger partial charge in [0.25, 0.3) is 0 Å². The Morgan fingerprint density at radius 1 is 1.00 bits per heavy atom. The number of anilines is 2. The average Bonchev–Trinajstić information content (AvgIpc) is 3.25. The van der Waals surface area contributed by atoms with Gasteiger partial charge in [-0.25, -0.2) is 14.6 Å². The van der Waals surface area contributed by atoms with E-state index in [9.17, 15) is 0 Å². The van der Waals surface area contributed by atoms with Gasteiger partial charge in [0, 0.05) is 38.3 Å². The summed E-state index contributed by atoms with van der Waals surface area (Å²) in [5, 5.41) is 11.3. The van der Waals surface area contributed by atoms with Crippen LogP contribution in [0.4, 0.5) is 11.6 Å². The zero-order valence-corrected chi connectivity index (χ0v) is 14.4. The molecule has 8 nitrogen and oxygen atoms in total. The van der Waals surface area contributed by atoms with Crippen LogP contribution in [-0.4, -0.2) is 63.4 Å². The van der Waals surface area contributed by atoms with E-state index in [1.54, 1.807) is 0 Å². The highest BCUT2D eigenvalue weighted by Crippen LogP contribution is 2.29. The maximum atomic E-state index is 4.80. The first-order chi connectivity index (χ1) is 11.7. The molecule has 4 rings (SSSR count). The summed E-state index contributed by atoms with van der Waals surface area (Å²) in [7, 11) is 0. The first-order valence-electron chi connectivity index (χ1n) is 8.96. The lowest BCUT2D eigenvalue weighted by Crippen LogP contribution is -2.49. The fraction of sp³-hybridized carbons (Fsp3) is 0.750. The van der Waals surface area contributed by atoms with Gasteiger partial charge in [-0.2, -0.15) is 0 Å². The summed E-state index contributed by atoms with van der Waals surface area (Å²) in [5.41, 5.74) is 0.952. The van der Waals surface area contributed by atoms with E-state index in [0.29, 0.717) is 23.4 Å². The molecule has 0 aromatic carbocycles. The molecule has 0 unspecified atom stereocenters. The zero-order chi connectivity index (χ0) is 16.5. The van der Waals surface area contributed by atoms with Gasteiger partial charge in [-0.3, -0.25) is 4.90 Å². The van der Waals surface area contributed by atoms with Gasteiger partial charge in [0.1, 0.15) is 0 Å². The van der Waals surface area contributed by atoms with Crippen molar-refractivity contribution in [3.05, 3.63) is 0 Å². The first kappa shape index (κ1) is 15.6. The molecule has 1 aliphatic heterocycles. The molecule has 2 aromatic heterocycles. The van der Waals surface area contributed by atoms with E-state index in [2.05, 4.69) is 49.2 Å². The SMILES string of the molecule is CC(C)N1CCN(c2nc3nonc3nc2NC2CCCC2)CC1. The van der Waals surface area contributed by atoms with Crippen LogP contribution in [0.3, 0.4) is 0 Å². The average molecular weight is 331 g/mol. The summed E-state index contributed by atoms with van der Waals surface area (Å²) >= 11 is 0. The summed E-state index contributed by atoms with van der Waals surface area (Å²) in [5.74, 6) is 1.71. The third-order valence-electron chi connectivity index (χ3n) is 5.14. The van der Waals surface area contributed by atoms with Crippen LogP contribution in [0.5, 0.6) is 0 Å². The molecular formula is C16H25N7O. The third-order valence-corrected chi connectivity index (χ3v) is 5.14. The standard InChI is InChI=1S/C16H25N7O/c1-11(2)22-7-9-23(10-8-22)16-15(17-12-5-3-4-6-12)18-13-14(19-16)21-24-20-13/h11-12H,3-10H2,1-2H3,(H,17,18,20). The molecule has 1 saturated carbocycles. The number of nitrogens with one attached hydrogen (secondary N) is 1. The highest BCUT2D eigenvalue weighted by atomic mass is 16.6. The second-order valence-electron chi connectivity index (χ2n) is 7.05. The Hall–Kier alpha value is -1.96. The van der Waals surface area contributed by atoms with E-state index in [1.807, 2.05) is 0 Å². The highest BCUT2D eigenvalue weighted by Gasteiger charge is 2.25. The van der Waals surface area contributed by atoms with Crippen LogP contribution in [0, 0.1) is 0 Å². The van der Waals surface area contributed by atoms with Crippen molar-refractivity contribution in [2.45, 2.75) is 51.6 Å². The zero-order valence-electron chi connectivity index (χ0n) is 14.4. The Kier molecular flexibility index (Phi) is 4.22. The van der Waals surface area contributed by atoms with Gasteiger partial charge in [0.2, 0.25) is 11.3 Å². The minimum atomic E-state index is 0.472. The molecule has 2 fully saturated rings. The van der Waals surface area contributed by atoms with Crippen LogP contribution in [0.15, 0.2) is 4.63 Å². The molecular weight excluding hydrogens is 306 g/mol. The highest BCUT2D eigenvalue weighted by molar-refractivity contribution is 5.74. The van der Waals surface area contributed by atoms with E-state index < -0.39 is 0 Å². The predicted octanol–water partition coefficient (Wildman–Crippen LogP) is 1.90. The molecule has 0 radical (unpaired) electrons. The number of piperazine rings is 1. The fourth-order valence-electron chi connectivity index (χ4n) is 3.66. The second kappa shape index (κ2) is 6.51. The van der Waals surface area contributed by atoms with E-state index in [-0.39, 0.29) is 0 Å². The molecule has 1 N–H and O–H groups in total. The van der Waals surface area contributed by atoms with Crippen LogP contribution in [-0.2, 0) is 0 Å². The lowest BCUT2D eigenvalue weighted by atomic mass is 10.2. The smallest absolute Gasteiger partial charge is 0.245 e. The summed E-state index contributed by atoms with van der Waals surface area (Å²) in [6.07, 6.45) is 4.94. The van der Waals surface area contributed by atoms with Crippen molar-refractivity contribution < 1.29 is 4.63 Å². The predicted molar refractivity (Wildman–Crippen MR) is 92.2 cm³/mol. The number of aromatic nitrogens is 4. The fourth-order valence-corrected chi connectivity index (χ4v) is 3.66. The Bertz CT molecular complexity index is 687. The summed E-state index contributed by atoms with van der Waals surface area (Å²) in [6, 6.07) is 1.06. The van der Waals surface area contributed by atoms with Crippen molar-refractivity contribution in [3.8, 4) is 0 Å². The largest absolute Gasteiger partial charge is 0.364 e. The van der Waals surface area contributed by atoms with Gasteiger partial charge in [-0.1, -0.05) is 12.8 Å². The normalized spacial score (nSPS) is 20.4. The van der Waals surface area contributed by atoms with Gasteiger partial charge in [0.15, 0.2) is 11.6 Å². The third kappa shape index (κ3) is 3.02. The van der Waals surface area contributed by atoms with Crippen LogP contribution in [0.1, 0.15) is 39.5 Å². The van der Waals surface area contributed by atoms with Crippen LogP contribution in [0.2, 0.25) is 0 Å². The molecule has 3 heterocycles. The van der Waals surface area contributed by atoms with Crippen LogP contribution < -0.4 is 10.2 Å². The van der Waals surface area contributed by atoms with E-state index in [0.717, 1.165) is 37.8 Å². The molecule has 2 aromatic rings. The quantitative estimate of drug-likeness (QED) is 0.909. The van der Waals surface area contributed by atoms with Crippen LogP contribution >= 0.6 is 0 Å². The Labute approximate surface area is 141 Å². The minimum absolute atomic E-state index is 0.472. The van der Waals surface area contributed by atoms with E-state index in [4.69, 9.17) is 4.63 Å². The van der Waals surface area contributed by atoms with Gasteiger partial charge in [-0.05, 0) is 37.0 Å². The Balaban J connectivity index is 1.60. The van der Waals surface area contributed by atoms with E-state index in [1.165, 1.54) is 25.7 Å². The van der Waals surface area contributed by atoms with Crippen LogP contribution in [0.25, 0.3) is 11.3 Å². The summed E-state index contributed by atoms with van der Waals surface area (Å²) < 4.78 is 4.80. The number of fused-ring (bicyclic) bond motifs is 1. The lowest BCUT2D eigenvalue weighted by Gasteiger charge is -2.37. The maximum absolute atomic E-state index is 4.80. The molecule has 0 bridgehead atoms. The number of nitrogens with zero attached hydrogens (tertiary/aromatic N) is 6. The van der Waals surface area contributed by atoms with Gasteiger partial charge < -0.3 is 10.2 Å². The van der Waals surface area contributed by atoms with Crippen molar-refractivity contribution in [1.29, 1.82) is 0 Å². The number of hydrogen-bond donors (Lipinski definition) is 1. The maximum Gasteiger partial charge on any atom is 0.245 e. The van der Waals surface area contributed by atoms with Crippen molar-refractivity contribution in [2.75, 3.05) is 36.4 Å². The van der Waals surface area contributed by atoms with Gasteiger partial charge in [0.05, 0.1) is 0 Å². The van der Waals surface area contributed by atoms with Crippen molar-refractivity contribution in [2.24, 2.45) is 0 Å². The van der Waals surface area contributed by atoms with Crippen molar-refractivity contribution in [3.63, 3.8) is 0 Å². The summed E-state index contributed by atoms with van der Waals surface area (Å²) in [4.78, 5) is 14.1. The molecule has 24 heavy (non-hydrogen) atoms. The van der Waals surface area contributed by atoms with E-state index >= 15 is 0 Å².